The molecule has 26 heavy (non-hydrogen) atoms. The fourth-order valence-electron chi connectivity index (χ4n) is 2.98. The molecule has 0 fully saturated rings. The first kappa shape index (κ1) is 17.1. The van der Waals surface area contributed by atoms with Crippen molar-refractivity contribution in [3.05, 3.63) is 56.6 Å². The number of H-pyrrole nitrogens is 1. The molecule has 0 spiro atoms. The fraction of sp³-hybridized carbons (Fsp3) is 0.158. The maximum Gasteiger partial charge on any atom is 0.205 e. The van der Waals surface area contributed by atoms with Crippen LogP contribution in [0.2, 0.25) is 0 Å². The van der Waals surface area contributed by atoms with E-state index in [-0.39, 0.29) is 0 Å². The summed E-state index contributed by atoms with van der Waals surface area (Å²) in [6.07, 6.45) is 0.639. The molecule has 1 aliphatic rings. The molecule has 5 nitrogen and oxygen atoms in total. The van der Waals surface area contributed by atoms with Gasteiger partial charge in [0.25, 0.3) is 0 Å². The van der Waals surface area contributed by atoms with Crippen LogP contribution in [0.3, 0.4) is 0 Å². The summed E-state index contributed by atoms with van der Waals surface area (Å²) < 4.78 is 18.4. The van der Waals surface area contributed by atoms with Gasteiger partial charge in [-0.1, -0.05) is 40.3 Å². The van der Waals surface area contributed by atoms with Crippen LogP contribution in [-0.2, 0) is 6.42 Å². The van der Waals surface area contributed by atoms with Gasteiger partial charge in [-0.05, 0) is 24.3 Å². The van der Waals surface area contributed by atoms with Crippen LogP contribution in [0, 0.1) is 4.64 Å². The van der Waals surface area contributed by atoms with Crippen LogP contribution in [0.4, 0.5) is 0 Å². The molecule has 0 saturated heterocycles. The molecule has 0 amide bonds. The molecule has 0 radical (unpaired) electrons. The van der Waals surface area contributed by atoms with Crippen LogP contribution in [0.1, 0.15) is 11.1 Å². The largest absolute Gasteiger partial charge is 0.496 e. The van der Waals surface area contributed by atoms with Gasteiger partial charge in [0, 0.05) is 16.5 Å². The third-order valence-electron chi connectivity index (χ3n) is 4.25. The van der Waals surface area contributed by atoms with Crippen molar-refractivity contribution in [2.45, 2.75) is 6.42 Å². The van der Waals surface area contributed by atoms with Crippen molar-refractivity contribution in [1.82, 2.24) is 9.97 Å². The van der Waals surface area contributed by atoms with E-state index in [4.69, 9.17) is 26.4 Å². The molecular formula is C19H15BrN2O3S. The lowest BCUT2D eigenvalue weighted by Gasteiger charge is -2.22. The van der Waals surface area contributed by atoms with Crippen LogP contribution < -0.4 is 14.2 Å². The van der Waals surface area contributed by atoms with Crippen molar-refractivity contribution in [3.63, 3.8) is 0 Å². The zero-order chi connectivity index (χ0) is 18.3. The zero-order valence-corrected chi connectivity index (χ0v) is 16.5. The number of nitrogens with zero attached hydrogens (tertiary/aromatic N) is 1. The summed E-state index contributed by atoms with van der Waals surface area (Å²) in [4.78, 5) is 7.83. The molecule has 1 N–H and O–H groups in total. The molecular weight excluding hydrogens is 416 g/mol. The number of hydrogen-bond acceptors (Lipinski definition) is 5. The lowest BCUT2D eigenvalue weighted by Crippen LogP contribution is -2.09. The second-order valence-corrected chi connectivity index (χ2v) is 7.07. The summed E-state index contributed by atoms with van der Waals surface area (Å²) in [6, 6.07) is 11.5. The van der Waals surface area contributed by atoms with E-state index >= 15 is 0 Å². The predicted molar refractivity (Wildman–Crippen MR) is 105 cm³/mol. The van der Waals surface area contributed by atoms with E-state index < -0.39 is 0 Å². The number of nitrogens with one attached hydrogen (secondary N) is 1. The van der Waals surface area contributed by atoms with E-state index in [0.29, 0.717) is 40.0 Å². The highest BCUT2D eigenvalue weighted by atomic mass is 79.9. The number of rotatable bonds is 3. The SMILES string of the molecule is COc1ccc(Br)cc1-c1nc(=S)c2c([nH]1)Oc1c(cccc1OC)C2. The van der Waals surface area contributed by atoms with Crippen molar-refractivity contribution in [1.29, 1.82) is 0 Å². The minimum Gasteiger partial charge on any atom is -0.496 e. The zero-order valence-electron chi connectivity index (χ0n) is 14.1. The van der Waals surface area contributed by atoms with E-state index in [1.165, 1.54) is 0 Å². The molecule has 2 heterocycles. The summed E-state index contributed by atoms with van der Waals surface area (Å²) in [6.45, 7) is 0. The normalized spacial score (nSPS) is 12.0. The van der Waals surface area contributed by atoms with E-state index in [0.717, 1.165) is 21.2 Å². The third-order valence-corrected chi connectivity index (χ3v) is 5.08. The topological polar surface area (TPSA) is 56.4 Å². The molecule has 0 aliphatic carbocycles. The monoisotopic (exact) mass is 430 g/mol. The van der Waals surface area contributed by atoms with Crippen molar-refractivity contribution in [2.75, 3.05) is 14.2 Å². The smallest absolute Gasteiger partial charge is 0.205 e. The average Bonchev–Trinajstić information content (AvgIpc) is 2.66. The molecule has 3 aromatic rings. The Morgan fingerprint density at radius 1 is 1.15 bits per heavy atom. The number of halogens is 1. The van der Waals surface area contributed by atoms with Gasteiger partial charge in [0.05, 0.1) is 25.3 Å². The van der Waals surface area contributed by atoms with E-state index in [2.05, 4.69) is 25.9 Å². The van der Waals surface area contributed by atoms with Gasteiger partial charge in [0.1, 0.15) is 16.2 Å². The van der Waals surface area contributed by atoms with Crippen LogP contribution >= 0.6 is 28.1 Å². The molecule has 132 valence electrons. The average molecular weight is 431 g/mol. The third kappa shape index (κ3) is 2.87. The van der Waals surface area contributed by atoms with Gasteiger partial charge in [-0.25, -0.2) is 4.98 Å². The standard InChI is InChI=1S/C19H15BrN2O3S/c1-23-14-7-6-11(20)9-12(14)17-21-18-13(19(26)22-17)8-10-4-3-5-15(24-2)16(10)25-18/h3-7,9H,8H2,1-2H3,(H,21,22,26). The molecule has 0 unspecified atom stereocenters. The highest BCUT2D eigenvalue weighted by molar-refractivity contribution is 9.10. The summed E-state index contributed by atoms with van der Waals surface area (Å²) >= 11 is 9.02. The Morgan fingerprint density at radius 2 is 1.96 bits per heavy atom. The van der Waals surface area contributed by atoms with E-state index in [9.17, 15) is 0 Å². The van der Waals surface area contributed by atoms with Crippen molar-refractivity contribution in [2.24, 2.45) is 0 Å². The second-order valence-electron chi connectivity index (χ2n) is 5.77. The molecule has 7 heteroatoms. The van der Waals surface area contributed by atoms with E-state index in [1.807, 2.05) is 36.4 Å². The minimum atomic E-state index is 0.504. The summed E-state index contributed by atoms with van der Waals surface area (Å²) in [5.41, 5.74) is 2.68. The summed E-state index contributed by atoms with van der Waals surface area (Å²) in [5.74, 6) is 3.25. The minimum absolute atomic E-state index is 0.504. The number of fused-ring (bicyclic) bond motifs is 2. The quantitative estimate of drug-likeness (QED) is 0.447. The highest BCUT2D eigenvalue weighted by Crippen LogP contribution is 2.42. The first-order valence-corrected chi connectivity index (χ1v) is 9.11. The summed E-state index contributed by atoms with van der Waals surface area (Å²) in [7, 11) is 3.25. The number of hydrogen-bond donors (Lipinski definition) is 1. The van der Waals surface area contributed by atoms with Crippen molar-refractivity contribution >= 4 is 28.1 Å². The van der Waals surface area contributed by atoms with Crippen LogP contribution in [0.25, 0.3) is 11.4 Å². The number of para-hydroxylation sites is 1. The Balaban J connectivity index is 1.86. The molecule has 1 aliphatic heterocycles. The molecule has 0 saturated carbocycles. The molecule has 1 aromatic heterocycles. The maximum atomic E-state index is 6.11. The Hall–Kier alpha value is -2.38. The number of aromatic nitrogens is 2. The van der Waals surface area contributed by atoms with Gasteiger partial charge in [-0.15, -0.1) is 0 Å². The second kappa shape index (κ2) is 6.74. The predicted octanol–water partition coefficient (Wildman–Crippen LogP) is 5.28. The van der Waals surface area contributed by atoms with Crippen molar-refractivity contribution < 1.29 is 14.2 Å². The Bertz CT molecular complexity index is 1070. The number of methoxy groups -OCH3 is 2. The van der Waals surface area contributed by atoms with Crippen molar-refractivity contribution in [3.8, 4) is 34.5 Å². The Kier molecular flexibility index (Phi) is 4.42. The Labute approximate surface area is 164 Å². The number of aromatic amines is 1. The number of benzene rings is 2. The highest BCUT2D eigenvalue weighted by Gasteiger charge is 2.24. The van der Waals surface area contributed by atoms with Gasteiger partial charge < -0.3 is 19.2 Å². The molecule has 2 aromatic carbocycles. The van der Waals surface area contributed by atoms with Gasteiger partial charge >= 0.3 is 0 Å². The van der Waals surface area contributed by atoms with Crippen LogP contribution in [0.5, 0.6) is 23.1 Å². The van der Waals surface area contributed by atoms with Gasteiger partial charge in [0.2, 0.25) is 5.88 Å². The van der Waals surface area contributed by atoms with E-state index in [1.54, 1.807) is 14.2 Å². The lowest BCUT2D eigenvalue weighted by atomic mass is 10.0. The summed E-state index contributed by atoms with van der Waals surface area (Å²) in [5, 5.41) is 0. The first-order chi connectivity index (χ1) is 12.6. The number of ether oxygens (including phenoxy) is 3. The van der Waals surface area contributed by atoms with Gasteiger partial charge in [-0.2, -0.15) is 0 Å². The van der Waals surface area contributed by atoms with Crippen LogP contribution in [0.15, 0.2) is 40.9 Å². The molecule has 4 rings (SSSR count). The first-order valence-electron chi connectivity index (χ1n) is 7.91. The maximum absolute atomic E-state index is 6.11. The van der Waals surface area contributed by atoms with Gasteiger partial charge in [-0.3, -0.25) is 0 Å². The molecule has 0 atom stereocenters. The Morgan fingerprint density at radius 3 is 2.73 bits per heavy atom. The van der Waals surface area contributed by atoms with Gasteiger partial charge in [0.15, 0.2) is 11.5 Å². The fourth-order valence-corrected chi connectivity index (χ4v) is 3.60. The lowest BCUT2D eigenvalue weighted by molar-refractivity contribution is 0.365. The molecule has 0 bridgehead atoms. The van der Waals surface area contributed by atoms with Crippen LogP contribution in [-0.4, -0.2) is 24.2 Å².